The van der Waals surface area contributed by atoms with Crippen molar-refractivity contribution in [1.29, 1.82) is 0 Å². The van der Waals surface area contributed by atoms with Crippen molar-refractivity contribution in [2.24, 2.45) is 0 Å². The molecule has 0 aliphatic heterocycles. The molecule has 30 heavy (non-hydrogen) atoms. The minimum Gasteiger partial charge on any atom is -0.493 e. The molecular weight excluding hydrogens is 400 g/mol. The van der Waals surface area contributed by atoms with Crippen LogP contribution in [0.3, 0.4) is 0 Å². The third-order valence-electron chi connectivity index (χ3n) is 4.60. The van der Waals surface area contributed by atoms with Crippen molar-refractivity contribution in [3.8, 4) is 11.5 Å². The van der Waals surface area contributed by atoms with Crippen molar-refractivity contribution in [2.45, 2.75) is 13.5 Å². The summed E-state index contributed by atoms with van der Waals surface area (Å²) < 4.78 is 10.6. The number of benzene rings is 2. The fourth-order valence-corrected chi connectivity index (χ4v) is 3.66. The van der Waals surface area contributed by atoms with Gasteiger partial charge < -0.3 is 19.7 Å². The molecule has 1 heterocycles. The molecule has 0 saturated carbocycles. The highest BCUT2D eigenvalue weighted by atomic mass is 32.1. The Morgan fingerprint density at radius 1 is 1.00 bits per heavy atom. The molecule has 0 aliphatic rings. The maximum Gasteiger partial charge on any atom is 0.265 e. The number of ether oxygens (including phenoxy) is 2. The van der Waals surface area contributed by atoms with Gasteiger partial charge in [0.15, 0.2) is 11.5 Å². The summed E-state index contributed by atoms with van der Waals surface area (Å²) in [7, 11) is 3.17. The Bertz CT molecular complexity index is 1020. The van der Waals surface area contributed by atoms with E-state index in [0.29, 0.717) is 40.7 Å². The highest BCUT2D eigenvalue weighted by Crippen LogP contribution is 2.28. The Balaban J connectivity index is 1.75. The number of carbonyl (C=O) groups is 2. The standard InChI is InChI=1S/C23H24N2O4S/c1-4-25(15-16-10-11-19(28-2)20(13-16)29-3)23(27)17-7-5-8-18(14-17)24-22(26)21-9-6-12-30-21/h5-14H,4,15H2,1-3H3,(H,24,26). The lowest BCUT2D eigenvalue weighted by atomic mass is 10.1. The third kappa shape index (κ3) is 4.99. The smallest absolute Gasteiger partial charge is 0.265 e. The normalized spacial score (nSPS) is 10.4. The van der Waals surface area contributed by atoms with E-state index in [4.69, 9.17) is 9.47 Å². The summed E-state index contributed by atoms with van der Waals surface area (Å²) >= 11 is 1.37. The molecule has 0 fully saturated rings. The van der Waals surface area contributed by atoms with E-state index >= 15 is 0 Å². The average molecular weight is 425 g/mol. The SMILES string of the molecule is CCN(Cc1ccc(OC)c(OC)c1)C(=O)c1cccc(NC(=O)c2cccs2)c1. The molecule has 7 heteroatoms. The monoisotopic (exact) mass is 424 g/mol. The Labute approximate surface area is 180 Å². The van der Waals surface area contributed by atoms with Crippen molar-refractivity contribution in [3.63, 3.8) is 0 Å². The minimum absolute atomic E-state index is 0.112. The summed E-state index contributed by atoms with van der Waals surface area (Å²) in [5.74, 6) is 0.966. The lowest BCUT2D eigenvalue weighted by Gasteiger charge is -2.22. The maximum atomic E-state index is 13.1. The molecule has 0 spiro atoms. The van der Waals surface area contributed by atoms with E-state index in [-0.39, 0.29) is 11.8 Å². The number of thiophene rings is 1. The summed E-state index contributed by atoms with van der Waals surface area (Å²) in [6.07, 6.45) is 0. The van der Waals surface area contributed by atoms with Gasteiger partial charge in [-0.25, -0.2) is 0 Å². The Kier molecular flexibility index (Phi) is 7.08. The number of rotatable bonds is 8. The van der Waals surface area contributed by atoms with Crippen LogP contribution in [0.4, 0.5) is 5.69 Å². The molecule has 156 valence electrons. The van der Waals surface area contributed by atoms with E-state index in [1.54, 1.807) is 49.5 Å². The van der Waals surface area contributed by atoms with Gasteiger partial charge in [0.25, 0.3) is 11.8 Å². The molecular formula is C23H24N2O4S. The van der Waals surface area contributed by atoms with Crippen LogP contribution in [0.2, 0.25) is 0 Å². The first-order chi connectivity index (χ1) is 14.5. The molecule has 0 atom stereocenters. The van der Waals surface area contributed by atoms with E-state index in [9.17, 15) is 9.59 Å². The number of carbonyl (C=O) groups excluding carboxylic acids is 2. The lowest BCUT2D eigenvalue weighted by Crippen LogP contribution is -2.30. The predicted octanol–water partition coefficient (Wildman–Crippen LogP) is 4.68. The zero-order chi connectivity index (χ0) is 21.5. The number of anilines is 1. The fraction of sp³-hybridized carbons (Fsp3) is 0.217. The molecule has 1 aromatic heterocycles. The maximum absolute atomic E-state index is 13.1. The van der Waals surface area contributed by atoms with Crippen LogP contribution in [-0.2, 0) is 6.54 Å². The summed E-state index contributed by atoms with van der Waals surface area (Å²) in [5.41, 5.74) is 2.03. The second kappa shape index (κ2) is 9.93. The molecule has 6 nitrogen and oxygen atoms in total. The third-order valence-corrected chi connectivity index (χ3v) is 5.47. The number of methoxy groups -OCH3 is 2. The van der Waals surface area contributed by atoms with Crippen molar-refractivity contribution in [1.82, 2.24) is 4.90 Å². The van der Waals surface area contributed by atoms with Crippen LogP contribution in [0.15, 0.2) is 60.0 Å². The van der Waals surface area contributed by atoms with Gasteiger partial charge in [0.2, 0.25) is 0 Å². The number of hydrogen-bond acceptors (Lipinski definition) is 5. The van der Waals surface area contributed by atoms with Crippen LogP contribution < -0.4 is 14.8 Å². The zero-order valence-corrected chi connectivity index (χ0v) is 18.0. The Morgan fingerprint density at radius 2 is 1.80 bits per heavy atom. The van der Waals surface area contributed by atoms with Crippen molar-refractivity contribution in [3.05, 3.63) is 76.0 Å². The second-order valence-electron chi connectivity index (χ2n) is 6.52. The summed E-state index contributed by atoms with van der Waals surface area (Å²) in [5, 5.41) is 4.69. The van der Waals surface area contributed by atoms with Gasteiger partial charge in [-0.2, -0.15) is 0 Å². The van der Waals surface area contributed by atoms with Crippen molar-refractivity contribution in [2.75, 3.05) is 26.1 Å². The number of nitrogens with zero attached hydrogens (tertiary/aromatic N) is 1. The molecule has 0 unspecified atom stereocenters. The van der Waals surface area contributed by atoms with Gasteiger partial charge in [0.1, 0.15) is 0 Å². The first-order valence-electron chi connectivity index (χ1n) is 9.50. The lowest BCUT2D eigenvalue weighted by molar-refractivity contribution is 0.0752. The van der Waals surface area contributed by atoms with E-state index < -0.39 is 0 Å². The summed E-state index contributed by atoms with van der Waals surface area (Å²) in [4.78, 5) is 27.7. The predicted molar refractivity (Wildman–Crippen MR) is 119 cm³/mol. The molecule has 2 amide bonds. The molecule has 0 aliphatic carbocycles. The largest absolute Gasteiger partial charge is 0.493 e. The summed E-state index contributed by atoms with van der Waals surface area (Å²) in [6, 6.07) is 16.2. The molecule has 3 aromatic rings. The van der Waals surface area contributed by atoms with Gasteiger partial charge in [-0.3, -0.25) is 9.59 Å². The zero-order valence-electron chi connectivity index (χ0n) is 17.2. The molecule has 1 N–H and O–H groups in total. The van der Waals surface area contributed by atoms with Crippen LogP contribution in [0, 0.1) is 0 Å². The van der Waals surface area contributed by atoms with Crippen LogP contribution in [0.1, 0.15) is 32.5 Å². The topological polar surface area (TPSA) is 67.9 Å². The summed E-state index contributed by atoms with van der Waals surface area (Å²) in [6.45, 7) is 2.90. The highest BCUT2D eigenvalue weighted by Gasteiger charge is 2.17. The van der Waals surface area contributed by atoms with Gasteiger partial charge in [-0.15, -0.1) is 11.3 Å². The number of hydrogen-bond donors (Lipinski definition) is 1. The Morgan fingerprint density at radius 3 is 2.47 bits per heavy atom. The molecule has 0 saturated heterocycles. The first-order valence-corrected chi connectivity index (χ1v) is 10.4. The van der Waals surface area contributed by atoms with Gasteiger partial charge in [0, 0.05) is 24.3 Å². The number of nitrogens with one attached hydrogen (secondary N) is 1. The van der Waals surface area contributed by atoms with Gasteiger partial charge in [-0.05, 0) is 54.3 Å². The fourth-order valence-electron chi connectivity index (χ4n) is 3.04. The van der Waals surface area contributed by atoms with Crippen LogP contribution in [0.5, 0.6) is 11.5 Å². The van der Waals surface area contributed by atoms with Gasteiger partial charge in [0.05, 0.1) is 19.1 Å². The van der Waals surface area contributed by atoms with E-state index in [0.717, 1.165) is 5.56 Å². The number of amides is 2. The van der Waals surface area contributed by atoms with E-state index in [1.165, 1.54) is 11.3 Å². The first kappa shape index (κ1) is 21.4. The average Bonchev–Trinajstić information content (AvgIpc) is 3.32. The van der Waals surface area contributed by atoms with Crippen LogP contribution in [0.25, 0.3) is 0 Å². The Hall–Kier alpha value is -3.32. The quantitative estimate of drug-likeness (QED) is 0.570. The van der Waals surface area contributed by atoms with E-state index in [1.807, 2.05) is 36.6 Å². The second-order valence-corrected chi connectivity index (χ2v) is 7.47. The van der Waals surface area contributed by atoms with Gasteiger partial charge in [-0.1, -0.05) is 18.2 Å². The molecule has 2 aromatic carbocycles. The van der Waals surface area contributed by atoms with Crippen LogP contribution >= 0.6 is 11.3 Å². The highest BCUT2D eigenvalue weighted by molar-refractivity contribution is 7.12. The molecule has 0 radical (unpaired) electrons. The van der Waals surface area contributed by atoms with Gasteiger partial charge >= 0.3 is 0 Å². The molecule has 0 bridgehead atoms. The van der Waals surface area contributed by atoms with Crippen LogP contribution in [-0.4, -0.2) is 37.5 Å². The van der Waals surface area contributed by atoms with Crippen molar-refractivity contribution < 1.29 is 19.1 Å². The minimum atomic E-state index is -0.188. The molecule has 3 rings (SSSR count). The van der Waals surface area contributed by atoms with Crippen molar-refractivity contribution >= 4 is 28.8 Å². The van der Waals surface area contributed by atoms with E-state index in [2.05, 4.69) is 5.32 Å².